The second-order valence-corrected chi connectivity index (χ2v) is 11.7. The van der Waals surface area contributed by atoms with E-state index in [9.17, 15) is 42.6 Å². The minimum atomic E-state index is -4.48. The maximum atomic E-state index is 12.8. The second-order valence-electron chi connectivity index (χ2n) is 11.3. The Bertz CT molecular complexity index is 2370. The third-order valence-electron chi connectivity index (χ3n) is 7.38. The van der Waals surface area contributed by atoms with Crippen LogP contribution in [-0.4, -0.2) is 44.8 Å². The van der Waals surface area contributed by atoms with Gasteiger partial charge in [0.1, 0.15) is 23.0 Å². The number of amides is 4. The molecular formula is C39H28ClF3N6O8. The molecule has 18 heteroatoms. The van der Waals surface area contributed by atoms with E-state index in [0.29, 0.717) is 40.7 Å². The fourth-order valence-corrected chi connectivity index (χ4v) is 4.83. The second kappa shape index (κ2) is 18.6. The zero-order chi connectivity index (χ0) is 41.0. The lowest BCUT2D eigenvalue weighted by Gasteiger charge is -2.11. The van der Waals surface area contributed by atoms with E-state index >= 15 is 0 Å². The zero-order valence-corrected chi connectivity index (χ0v) is 29.7. The lowest BCUT2D eigenvalue weighted by atomic mass is 10.2. The van der Waals surface area contributed by atoms with Crippen LogP contribution in [-0.2, 0) is 15.8 Å². The first kappa shape index (κ1) is 40.5. The molecule has 2 aromatic heterocycles. The molecule has 0 bridgehead atoms. The summed E-state index contributed by atoms with van der Waals surface area (Å²) in [5, 5.41) is 30.3. The molecule has 0 spiro atoms. The van der Waals surface area contributed by atoms with Crippen molar-refractivity contribution in [3.05, 3.63) is 144 Å². The summed E-state index contributed by atoms with van der Waals surface area (Å²) in [6, 6.07) is 26.6. The Hall–Kier alpha value is -7.66. The Balaban J connectivity index is 0.000000219. The van der Waals surface area contributed by atoms with E-state index in [-0.39, 0.29) is 34.3 Å². The van der Waals surface area contributed by atoms with Crippen molar-refractivity contribution >= 4 is 59.0 Å². The van der Waals surface area contributed by atoms with Gasteiger partial charge in [-0.1, -0.05) is 17.7 Å². The Labute approximate surface area is 325 Å². The van der Waals surface area contributed by atoms with Crippen LogP contribution in [0, 0.1) is 0 Å². The first-order valence-electron chi connectivity index (χ1n) is 16.2. The molecular weight excluding hydrogens is 773 g/mol. The van der Waals surface area contributed by atoms with E-state index < -0.39 is 35.1 Å². The average molecular weight is 801 g/mol. The molecule has 0 fully saturated rings. The van der Waals surface area contributed by atoms with Gasteiger partial charge in [0.25, 0.3) is 11.8 Å². The van der Waals surface area contributed by atoms with Crippen molar-refractivity contribution in [2.75, 3.05) is 21.3 Å². The van der Waals surface area contributed by atoms with Crippen molar-refractivity contribution in [3.8, 4) is 34.5 Å². The van der Waals surface area contributed by atoms with Crippen LogP contribution in [0.1, 0.15) is 26.5 Å². The molecule has 57 heavy (non-hydrogen) atoms. The van der Waals surface area contributed by atoms with E-state index in [1.54, 1.807) is 48.5 Å². The molecule has 4 amide bonds. The van der Waals surface area contributed by atoms with Gasteiger partial charge in [0, 0.05) is 28.8 Å². The highest BCUT2D eigenvalue weighted by Crippen LogP contribution is 2.33. The van der Waals surface area contributed by atoms with Crippen molar-refractivity contribution in [3.63, 3.8) is 0 Å². The molecule has 0 saturated heterocycles. The number of rotatable bonds is 12. The maximum absolute atomic E-state index is 12.8. The third-order valence-corrected chi connectivity index (χ3v) is 7.63. The Morgan fingerprint density at radius 1 is 0.614 bits per heavy atom. The van der Waals surface area contributed by atoms with Crippen LogP contribution >= 0.6 is 11.6 Å². The summed E-state index contributed by atoms with van der Waals surface area (Å²) in [5.74, 6) is -0.780. The fourth-order valence-electron chi connectivity index (χ4n) is 4.70. The number of nitrogens with one attached hydrogen (secondary N) is 4. The van der Waals surface area contributed by atoms with Crippen LogP contribution in [0.2, 0.25) is 5.02 Å². The molecule has 290 valence electrons. The van der Waals surface area contributed by atoms with Gasteiger partial charge in [0.15, 0.2) is 22.9 Å². The van der Waals surface area contributed by atoms with E-state index in [0.717, 1.165) is 12.1 Å². The number of benzene rings is 4. The minimum absolute atomic E-state index is 0.00947. The number of pyridine rings is 2. The van der Waals surface area contributed by atoms with Crippen LogP contribution in [0.4, 0.5) is 35.9 Å². The summed E-state index contributed by atoms with van der Waals surface area (Å²) in [7, 11) is 0. The molecule has 14 nitrogen and oxygen atoms in total. The predicted molar refractivity (Wildman–Crippen MR) is 203 cm³/mol. The summed E-state index contributed by atoms with van der Waals surface area (Å²) >= 11 is 5.83. The number of hydrogen-bond acceptors (Lipinski definition) is 10. The molecule has 6 N–H and O–H groups in total. The molecule has 0 unspecified atom stereocenters. The maximum Gasteiger partial charge on any atom is 0.416 e. The number of aromatic nitrogens is 2. The molecule has 6 rings (SSSR count). The number of halogens is 4. The van der Waals surface area contributed by atoms with Gasteiger partial charge in [-0.3, -0.25) is 19.2 Å². The number of carbonyl (C=O) groups excluding carboxylic acids is 4. The normalized spacial score (nSPS) is 10.5. The van der Waals surface area contributed by atoms with Crippen molar-refractivity contribution < 1.29 is 52.0 Å². The van der Waals surface area contributed by atoms with Crippen molar-refractivity contribution in [1.29, 1.82) is 0 Å². The zero-order valence-electron chi connectivity index (χ0n) is 29.0. The molecule has 0 aliphatic carbocycles. The van der Waals surface area contributed by atoms with Crippen LogP contribution in [0.15, 0.2) is 122 Å². The van der Waals surface area contributed by atoms with Crippen LogP contribution in [0.3, 0.4) is 0 Å². The van der Waals surface area contributed by atoms with Crippen molar-refractivity contribution in [2.45, 2.75) is 6.18 Å². The van der Waals surface area contributed by atoms with Crippen LogP contribution < -0.4 is 30.7 Å². The van der Waals surface area contributed by atoms with Gasteiger partial charge in [-0.25, -0.2) is 9.97 Å². The van der Waals surface area contributed by atoms with E-state index in [4.69, 9.17) is 21.1 Å². The van der Waals surface area contributed by atoms with Gasteiger partial charge in [-0.2, -0.15) is 13.2 Å². The minimum Gasteiger partial charge on any atom is -0.504 e. The van der Waals surface area contributed by atoms with Crippen LogP contribution in [0.5, 0.6) is 34.5 Å². The number of ether oxygens (including phenoxy) is 2. The summed E-state index contributed by atoms with van der Waals surface area (Å²) in [5.41, 5.74) is -0.409. The summed E-state index contributed by atoms with van der Waals surface area (Å²) < 4.78 is 49.4. The molecule has 0 atom stereocenters. The smallest absolute Gasteiger partial charge is 0.416 e. The lowest BCUT2D eigenvalue weighted by Crippen LogP contribution is -2.14. The molecule has 2 heterocycles. The first-order valence-corrected chi connectivity index (χ1v) is 16.6. The lowest BCUT2D eigenvalue weighted by molar-refractivity contribution is -0.137. The monoisotopic (exact) mass is 800 g/mol. The molecule has 0 radical (unpaired) electrons. The van der Waals surface area contributed by atoms with Crippen molar-refractivity contribution in [1.82, 2.24) is 9.97 Å². The highest BCUT2D eigenvalue weighted by Gasteiger charge is 2.30. The summed E-state index contributed by atoms with van der Waals surface area (Å²) in [6.07, 6.45) is -1.18. The average Bonchev–Trinajstić information content (AvgIpc) is 3.19. The highest BCUT2D eigenvalue weighted by molar-refractivity contribution is 6.30. The number of aromatic hydroxyl groups is 2. The molecule has 0 aliphatic rings. The third kappa shape index (κ3) is 11.2. The Morgan fingerprint density at radius 2 is 1.04 bits per heavy atom. The van der Waals surface area contributed by atoms with Crippen LogP contribution in [0.25, 0.3) is 0 Å². The number of alkyl halides is 3. The van der Waals surface area contributed by atoms with Gasteiger partial charge >= 0.3 is 6.18 Å². The van der Waals surface area contributed by atoms with Gasteiger partial charge in [-0.05, 0) is 103 Å². The SMILES string of the molecule is O=CNc1ccnc(C(=O)Nc2ccc(Oc3ccc(Cl)cc3)cc2)c1O.O=CNc1ccnc(C(=O)Nc2ccc(Oc3cccc(C(F)(F)F)c3)cc2)c1O. The van der Waals surface area contributed by atoms with Gasteiger partial charge < -0.3 is 41.0 Å². The standard InChI is InChI=1S/C20H14F3N3O4.C19H14ClN3O4/c21-20(22,23)12-2-1-3-15(10-12)30-14-6-4-13(5-7-14)26-19(29)17-18(28)16(25-11-27)8-9-24-17;20-12-1-5-14(6-2-12)27-15-7-3-13(4-8-15)23-19(26)17-18(25)16(22-11-24)9-10-21-17/h1-11,28H,(H,26,29)(H,24,25,27);1-11,25H,(H,23,26)(H,21,22,24). The largest absolute Gasteiger partial charge is 0.504 e. The van der Waals surface area contributed by atoms with E-state index in [1.807, 2.05) is 0 Å². The summed E-state index contributed by atoms with van der Waals surface area (Å²) in [6.45, 7) is 0. The predicted octanol–water partition coefficient (Wildman–Crippen LogP) is 8.47. The Morgan fingerprint density at radius 3 is 1.46 bits per heavy atom. The number of anilines is 4. The summed E-state index contributed by atoms with van der Waals surface area (Å²) in [4.78, 5) is 53.3. The topological polar surface area (TPSA) is 201 Å². The number of hydrogen-bond donors (Lipinski definition) is 6. The molecule has 0 saturated carbocycles. The first-order chi connectivity index (χ1) is 27.3. The fraction of sp³-hybridized carbons (Fsp3) is 0.0256. The van der Waals surface area contributed by atoms with Gasteiger partial charge in [0.05, 0.1) is 16.9 Å². The van der Waals surface area contributed by atoms with Crippen molar-refractivity contribution in [2.24, 2.45) is 0 Å². The number of nitrogens with zero attached hydrogens (tertiary/aromatic N) is 2. The van der Waals surface area contributed by atoms with Gasteiger partial charge in [-0.15, -0.1) is 0 Å². The Kier molecular flexibility index (Phi) is 13.2. The quantitative estimate of drug-likeness (QED) is 0.0652. The number of carbonyl (C=O) groups is 4. The van der Waals surface area contributed by atoms with Gasteiger partial charge in [0.2, 0.25) is 12.8 Å². The highest BCUT2D eigenvalue weighted by atomic mass is 35.5. The molecule has 4 aromatic carbocycles. The van der Waals surface area contributed by atoms with E-state index in [1.165, 1.54) is 60.9 Å². The van der Waals surface area contributed by atoms with E-state index in [2.05, 4.69) is 31.2 Å². The molecule has 0 aliphatic heterocycles. The molecule has 6 aromatic rings.